The van der Waals surface area contributed by atoms with Crippen LogP contribution in [0.2, 0.25) is 10.0 Å². The molecule has 0 fully saturated rings. The van der Waals surface area contributed by atoms with Gasteiger partial charge in [0.25, 0.3) is 0 Å². The van der Waals surface area contributed by atoms with Crippen LogP contribution >= 0.6 is 39.1 Å². The quantitative estimate of drug-likeness (QED) is 0.221. The van der Waals surface area contributed by atoms with Gasteiger partial charge in [0.2, 0.25) is 0 Å². The van der Waals surface area contributed by atoms with Crippen molar-refractivity contribution in [1.29, 1.82) is 0 Å². The molecule has 0 atom stereocenters. The minimum Gasteiger partial charge on any atom is -0.486 e. The SMILES string of the molecule is Clc1cc(Br)cc(Cl)c1N/N=C/c1cn(-c2ccccc2)nc1-c1ccc2c(c1)OCCO2. The van der Waals surface area contributed by atoms with Gasteiger partial charge in [0.05, 0.1) is 27.6 Å². The van der Waals surface area contributed by atoms with Crippen molar-refractivity contribution >= 4 is 51.0 Å². The van der Waals surface area contributed by atoms with E-state index in [1.807, 2.05) is 59.4 Å². The van der Waals surface area contributed by atoms with Crippen LogP contribution in [0, 0.1) is 0 Å². The van der Waals surface area contributed by atoms with Gasteiger partial charge in [-0.05, 0) is 42.5 Å². The lowest BCUT2D eigenvalue weighted by Crippen LogP contribution is -2.15. The lowest BCUT2D eigenvalue weighted by molar-refractivity contribution is 0.171. The molecule has 0 saturated carbocycles. The number of para-hydroxylation sites is 1. The topological polar surface area (TPSA) is 60.7 Å². The van der Waals surface area contributed by atoms with Crippen LogP contribution in [-0.2, 0) is 0 Å². The largest absolute Gasteiger partial charge is 0.486 e. The van der Waals surface area contributed by atoms with E-state index in [0.29, 0.717) is 34.7 Å². The number of nitrogens with one attached hydrogen (secondary N) is 1. The Bertz CT molecular complexity index is 1320. The summed E-state index contributed by atoms with van der Waals surface area (Å²) < 4.78 is 14.0. The molecule has 0 aliphatic carbocycles. The number of fused-ring (bicyclic) bond motifs is 1. The van der Waals surface area contributed by atoms with E-state index in [9.17, 15) is 0 Å². The minimum absolute atomic E-state index is 0.457. The normalized spacial score (nSPS) is 12.8. The van der Waals surface area contributed by atoms with Crippen molar-refractivity contribution in [3.05, 3.63) is 86.9 Å². The van der Waals surface area contributed by atoms with Crippen molar-refractivity contribution in [1.82, 2.24) is 9.78 Å². The van der Waals surface area contributed by atoms with Crippen molar-refractivity contribution < 1.29 is 9.47 Å². The Morgan fingerprint density at radius 2 is 1.70 bits per heavy atom. The molecule has 3 aromatic carbocycles. The van der Waals surface area contributed by atoms with Crippen LogP contribution in [0.3, 0.4) is 0 Å². The zero-order valence-electron chi connectivity index (χ0n) is 17.1. The van der Waals surface area contributed by atoms with Crippen molar-refractivity contribution in [2.45, 2.75) is 0 Å². The van der Waals surface area contributed by atoms with Gasteiger partial charge >= 0.3 is 0 Å². The molecular formula is C24H17BrCl2N4O2. The Balaban J connectivity index is 1.52. The van der Waals surface area contributed by atoms with Crippen molar-refractivity contribution in [2.24, 2.45) is 5.10 Å². The average molecular weight is 544 g/mol. The highest BCUT2D eigenvalue weighted by Crippen LogP contribution is 2.36. The second-order valence-electron chi connectivity index (χ2n) is 7.19. The van der Waals surface area contributed by atoms with Crippen LogP contribution in [0.25, 0.3) is 16.9 Å². The maximum atomic E-state index is 6.30. The van der Waals surface area contributed by atoms with E-state index in [4.69, 9.17) is 37.8 Å². The molecule has 4 aromatic rings. The first kappa shape index (κ1) is 21.8. The number of hydrazone groups is 1. The Labute approximate surface area is 208 Å². The first-order valence-corrected chi connectivity index (χ1v) is 11.6. The third-order valence-corrected chi connectivity index (χ3v) is 6.02. The van der Waals surface area contributed by atoms with E-state index < -0.39 is 0 Å². The highest BCUT2D eigenvalue weighted by Gasteiger charge is 2.17. The summed E-state index contributed by atoms with van der Waals surface area (Å²) >= 11 is 16.0. The fraction of sp³-hybridized carbons (Fsp3) is 0.0833. The van der Waals surface area contributed by atoms with Crippen LogP contribution in [0.4, 0.5) is 5.69 Å². The standard InChI is InChI=1S/C24H17BrCl2N4O2/c25-17-11-19(26)24(20(27)12-17)29-28-13-16-14-31(18-4-2-1-3-5-18)30-23(16)15-6-7-21-22(10-15)33-9-8-32-21/h1-7,10-14,29H,8-9H2/b28-13+. The molecule has 1 aromatic heterocycles. The molecule has 9 heteroatoms. The van der Waals surface area contributed by atoms with E-state index in [-0.39, 0.29) is 0 Å². The zero-order valence-corrected chi connectivity index (χ0v) is 20.2. The Hall–Kier alpha value is -3.00. The lowest BCUT2D eigenvalue weighted by atomic mass is 10.1. The number of anilines is 1. The number of hydrogen-bond acceptors (Lipinski definition) is 5. The van der Waals surface area contributed by atoms with E-state index in [2.05, 4.69) is 26.5 Å². The van der Waals surface area contributed by atoms with E-state index >= 15 is 0 Å². The van der Waals surface area contributed by atoms with Gasteiger partial charge in [-0.1, -0.05) is 57.3 Å². The van der Waals surface area contributed by atoms with Gasteiger partial charge < -0.3 is 9.47 Å². The number of nitrogens with zero attached hydrogens (tertiary/aromatic N) is 3. The first-order valence-electron chi connectivity index (χ1n) is 10.1. The third kappa shape index (κ3) is 4.71. The molecule has 1 N–H and O–H groups in total. The molecule has 2 heterocycles. The van der Waals surface area contributed by atoms with Crippen LogP contribution in [0.5, 0.6) is 11.5 Å². The van der Waals surface area contributed by atoms with E-state index in [0.717, 1.165) is 32.7 Å². The molecule has 0 radical (unpaired) electrons. The number of halogens is 3. The number of hydrogen-bond donors (Lipinski definition) is 1. The van der Waals surface area contributed by atoms with Gasteiger partial charge in [-0.2, -0.15) is 10.2 Å². The lowest BCUT2D eigenvalue weighted by Gasteiger charge is -2.18. The summed E-state index contributed by atoms with van der Waals surface area (Å²) in [7, 11) is 0. The number of rotatable bonds is 5. The molecule has 1 aliphatic rings. The second kappa shape index (κ2) is 9.47. The number of benzene rings is 3. The maximum Gasteiger partial charge on any atom is 0.162 e. The monoisotopic (exact) mass is 542 g/mol. The molecular weight excluding hydrogens is 527 g/mol. The van der Waals surface area contributed by atoms with Crippen LogP contribution < -0.4 is 14.9 Å². The molecule has 5 rings (SSSR count). The van der Waals surface area contributed by atoms with E-state index in [1.54, 1.807) is 18.3 Å². The van der Waals surface area contributed by atoms with Gasteiger partial charge in [-0.15, -0.1) is 0 Å². The highest BCUT2D eigenvalue weighted by molar-refractivity contribution is 9.10. The zero-order chi connectivity index (χ0) is 22.8. The molecule has 166 valence electrons. The fourth-order valence-electron chi connectivity index (χ4n) is 3.43. The third-order valence-electron chi connectivity index (χ3n) is 4.97. The predicted octanol–water partition coefficient (Wildman–Crippen LogP) is 6.83. The summed E-state index contributed by atoms with van der Waals surface area (Å²) in [4.78, 5) is 0. The van der Waals surface area contributed by atoms with Crippen LogP contribution in [0.15, 0.2) is 76.4 Å². The van der Waals surface area contributed by atoms with E-state index in [1.165, 1.54) is 0 Å². The Morgan fingerprint density at radius 1 is 0.970 bits per heavy atom. The molecule has 0 saturated heterocycles. The summed E-state index contributed by atoms with van der Waals surface area (Å²) in [6.07, 6.45) is 3.60. The highest BCUT2D eigenvalue weighted by atomic mass is 79.9. The van der Waals surface area contributed by atoms with Gasteiger partial charge in [-0.25, -0.2) is 4.68 Å². The summed E-state index contributed by atoms with van der Waals surface area (Å²) in [5.74, 6) is 1.42. The molecule has 0 spiro atoms. The molecule has 0 unspecified atom stereocenters. The predicted molar refractivity (Wildman–Crippen MR) is 135 cm³/mol. The average Bonchev–Trinajstić information content (AvgIpc) is 3.25. The Morgan fingerprint density at radius 3 is 2.45 bits per heavy atom. The summed E-state index contributed by atoms with van der Waals surface area (Å²) in [5.41, 5.74) is 6.82. The van der Waals surface area contributed by atoms with Crippen LogP contribution in [0.1, 0.15) is 5.56 Å². The van der Waals surface area contributed by atoms with Gasteiger partial charge in [-0.3, -0.25) is 5.43 Å². The number of ether oxygens (including phenoxy) is 2. The van der Waals surface area contributed by atoms with Gasteiger partial charge in [0.15, 0.2) is 11.5 Å². The van der Waals surface area contributed by atoms with Crippen molar-refractivity contribution in [3.63, 3.8) is 0 Å². The molecule has 6 nitrogen and oxygen atoms in total. The molecule has 1 aliphatic heterocycles. The summed E-state index contributed by atoms with van der Waals surface area (Å²) in [6, 6.07) is 19.2. The fourth-order valence-corrected chi connectivity index (χ4v) is 4.72. The van der Waals surface area contributed by atoms with Gasteiger partial charge in [0, 0.05) is 21.8 Å². The van der Waals surface area contributed by atoms with Crippen molar-refractivity contribution in [3.8, 4) is 28.4 Å². The van der Waals surface area contributed by atoms with Crippen LogP contribution in [-0.4, -0.2) is 29.2 Å². The maximum absolute atomic E-state index is 6.30. The number of aromatic nitrogens is 2. The van der Waals surface area contributed by atoms with Crippen molar-refractivity contribution in [2.75, 3.05) is 18.6 Å². The summed E-state index contributed by atoms with van der Waals surface area (Å²) in [5, 5.41) is 10.1. The summed E-state index contributed by atoms with van der Waals surface area (Å²) in [6.45, 7) is 1.06. The smallest absolute Gasteiger partial charge is 0.162 e. The molecule has 0 amide bonds. The molecule has 33 heavy (non-hydrogen) atoms. The second-order valence-corrected chi connectivity index (χ2v) is 8.92. The Kier molecular flexibility index (Phi) is 6.26. The first-order chi connectivity index (χ1) is 16.1. The minimum atomic E-state index is 0.457. The molecule has 0 bridgehead atoms. The van der Waals surface area contributed by atoms with Gasteiger partial charge in [0.1, 0.15) is 18.9 Å².